The van der Waals surface area contributed by atoms with E-state index in [0.717, 1.165) is 24.2 Å². The molecule has 2 heterocycles. The minimum atomic E-state index is 0.0811. The second-order valence-corrected chi connectivity index (χ2v) is 4.00. The molecule has 2 rings (SSSR count). The van der Waals surface area contributed by atoms with Crippen molar-refractivity contribution >= 4 is 5.91 Å². The van der Waals surface area contributed by atoms with E-state index < -0.39 is 0 Å². The van der Waals surface area contributed by atoms with Crippen molar-refractivity contribution in [1.29, 1.82) is 0 Å². The van der Waals surface area contributed by atoms with E-state index in [1.54, 1.807) is 6.20 Å². The third-order valence-electron chi connectivity index (χ3n) is 2.87. The Labute approximate surface area is 94.9 Å². The highest BCUT2D eigenvalue weighted by Gasteiger charge is 2.20. The number of aliphatic hydroxyl groups excluding tert-OH is 1. The summed E-state index contributed by atoms with van der Waals surface area (Å²) < 4.78 is 0. The van der Waals surface area contributed by atoms with E-state index >= 15 is 0 Å². The molecule has 0 fully saturated rings. The highest BCUT2D eigenvalue weighted by Crippen LogP contribution is 2.17. The van der Waals surface area contributed by atoms with E-state index in [9.17, 15) is 4.79 Å². The van der Waals surface area contributed by atoms with Gasteiger partial charge in [0.2, 0.25) is 5.91 Å². The van der Waals surface area contributed by atoms with Crippen LogP contribution in [0.2, 0.25) is 0 Å². The lowest BCUT2D eigenvalue weighted by Gasteiger charge is -2.28. The smallest absolute Gasteiger partial charge is 0.222 e. The van der Waals surface area contributed by atoms with Crippen molar-refractivity contribution in [1.82, 2.24) is 9.88 Å². The second kappa shape index (κ2) is 5.07. The van der Waals surface area contributed by atoms with Crippen LogP contribution in [-0.4, -0.2) is 34.0 Å². The van der Waals surface area contributed by atoms with Crippen LogP contribution in [0.3, 0.4) is 0 Å². The summed E-state index contributed by atoms with van der Waals surface area (Å²) in [7, 11) is 0. The molecule has 16 heavy (non-hydrogen) atoms. The van der Waals surface area contributed by atoms with Gasteiger partial charge in [-0.3, -0.25) is 9.78 Å². The molecule has 86 valence electrons. The van der Waals surface area contributed by atoms with Crippen LogP contribution in [0.4, 0.5) is 0 Å². The van der Waals surface area contributed by atoms with Gasteiger partial charge in [-0.05, 0) is 18.1 Å². The number of aliphatic hydroxyl groups is 1. The zero-order chi connectivity index (χ0) is 11.4. The molecule has 0 saturated carbocycles. The highest BCUT2D eigenvalue weighted by atomic mass is 16.3. The average Bonchev–Trinajstić information content (AvgIpc) is 2.35. The van der Waals surface area contributed by atoms with Gasteiger partial charge in [0.15, 0.2) is 0 Å². The fraction of sp³-hybridized carbons (Fsp3) is 0.500. The van der Waals surface area contributed by atoms with Gasteiger partial charge in [0.25, 0.3) is 0 Å². The molecular weight excluding hydrogens is 204 g/mol. The molecule has 1 amide bonds. The fourth-order valence-corrected chi connectivity index (χ4v) is 1.97. The largest absolute Gasteiger partial charge is 0.396 e. The molecule has 0 unspecified atom stereocenters. The van der Waals surface area contributed by atoms with Crippen LogP contribution in [0.5, 0.6) is 0 Å². The first-order valence-electron chi connectivity index (χ1n) is 5.62. The first-order chi connectivity index (χ1) is 7.81. The van der Waals surface area contributed by atoms with E-state index in [-0.39, 0.29) is 12.5 Å². The Hall–Kier alpha value is -1.42. The van der Waals surface area contributed by atoms with Gasteiger partial charge in [0, 0.05) is 44.4 Å². The van der Waals surface area contributed by atoms with Gasteiger partial charge in [-0.15, -0.1) is 0 Å². The van der Waals surface area contributed by atoms with E-state index in [0.29, 0.717) is 19.4 Å². The summed E-state index contributed by atoms with van der Waals surface area (Å²) >= 11 is 0. The monoisotopic (exact) mass is 220 g/mol. The van der Waals surface area contributed by atoms with E-state index in [1.165, 1.54) is 0 Å². The van der Waals surface area contributed by atoms with Gasteiger partial charge >= 0.3 is 0 Å². The van der Waals surface area contributed by atoms with Crippen molar-refractivity contribution in [3.63, 3.8) is 0 Å². The molecule has 1 aliphatic rings. The van der Waals surface area contributed by atoms with E-state index in [2.05, 4.69) is 4.98 Å². The molecule has 4 heteroatoms. The third-order valence-corrected chi connectivity index (χ3v) is 2.87. The summed E-state index contributed by atoms with van der Waals surface area (Å²) in [6.07, 6.45) is 3.62. The van der Waals surface area contributed by atoms with Crippen molar-refractivity contribution in [3.05, 3.63) is 29.6 Å². The van der Waals surface area contributed by atoms with Crippen LogP contribution in [0.15, 0.2) is 18.3 Å². The third kappa shape index (κ3) is 2.39. The zero-order valence-electron chi connectivity index (χ0n) is 9.22. The number of pyridine rings is 1. The molecule has 1 aromatic heterocycles. The van der Waals surface area contributed by atoms with Crippen LogP contribution >= 0.6 is 0 Å². The molecule has 4 nitrogen and oxygen atoms in total. The molecular formula is C12H16N2O2. The summed E-state index contributed by atoms with van der Waals surface area (Å²) in [5.41, 5.74) is 2.25. The maximum atomic E-state index is 11.8. The quantitative estimate of drug-likeness (QED) is 0.817. The van der Waals surface area contributed by atoms with Gasteiger partial charge in [-0.25, -0.2) is 0 Å². The average molecular weight is 220 g/mol. The number of rotatable bonds is 3. The van der Waals surface area contributed by atoms with Gasteiger partial charge in [0.05, 0.1) is 0 Å². The highest BCUT2D eigenvalue weighted by molar-refractivity contribution is 5.76. The number of fused-ring (bicyclic) bond motifs is 1. The van der Waals surface area contributed by atoms with Crippen LogP contribution < -0.4 is 0 Å². The second-order valence-electron chi connectivity index (χ2n) is 4.00. The van der Waals surface area contributed by atoms with Gasteiger partial charge < -0.3 is 10.0 Å². The molecule has 0 aromatic carbocycles. The normalized spacial score (nSPS) is 14.7. The SMILES string of the molecule is O=C(CCCO)N1CCc2ncccc2C1. The molecule has 0 atom stereocenters. The number of amides is 1. The lowest BCUT2D eigenvalue weighted by molar-refractivity contribution is -0.132. The lowest BCUT2D eigenvalue weighted by Crippen LogP contribution is -2.36. The number of hydrogen-bond donors (Lipinski definition) is 1. The number of hydrogen-bond acceptors (Lipinski definition) is 3. The Bertz CT molecular complexity index is 379. The molecule has 0 radical (unpaired) electrons. The number of aromatic nitrogens is 1. The minimum absolute atomic E-state index is 0.0811. The standard InChI is InChI=1S/C12H16N2O2/c15-8-2-4-12(16)14-7-5-11-10(9-14)3-1-6-13-11/h1,3,6,15H,2,4-5,7-9H2. The Balaban J connectivity index is 1.99. The number of carbonyl (C=O) groups excluding carboxylic acids is 1. The predicted octanol–water partition coefficient (Wildman–Crippen LogP) is 0.739. The Morgan fingerprint density at radius 1 is 1.56 bits per heavy atom. The lowest BCUT2D eigenvalue weighted by atomic mass is 10.1. The van der Waals surface area contributed by atoms with Gasteiger partial charge in [-0.2, -0.15) is 0 Å². The molecule has 0 spiro atoms. The number of nitrogens with zero attached hydrogens (tertiary/aromatic N) is 2. The topological polar surface area (TPSA) is 53.4 Å². The summed E-state index contributed by atoms with van der Waals surface area (Å²) in [5, 5.41) is 8.69. The van der Waals surface area contributed by atoms with Crippen LogP contribution in [0.25, 0.3) is 0 Å². The van der Waals surface area contributed by atoms with Crippen LogP contribution in [-0.2, 0) is 17.8 Å². The molecule has 0 saturated heterocycles. The fourth-order valence-electron chi connectivity index (χ4n) is 1.97. The van der Waals surface area contributed by atoms with Crippen LogP contribution in [0.1, 0.15) is 24.1 Å². The maximum Gasteiger partial charge on any atom is 0.222 e. The van der Waals surface area contributed by atoms with Crippen molar-refractivity contribution < 1.29 is 9.90 Å². The molecule has 1 N–H and O–H groups in total. The van der Waals surface area contributed by atoms with Gasteiger partial charge in [0.1, 0.15) is 0 Å². The molecule has 0 bridgehead atoms. The minimum Gasteiger partial charge on any atom is -0.396 e. The Morgan fingerprint density at radius 2 is 2.44 bits per heavy atom. The van der Waals surface area contributed by atoms with Crippen molar-refractivity contribution in [3.8, 4) is 0 Å². The summed E-state index contributed by atoms with van der Waals surface area (Å²) in [5.74, 6) is 0.128. The maximum absolute atomic E-state index is 11.8. The predicted molar refractivity (Wildman–Crippen MR) is 59.7 cm³/mol. The van der Waals surface area contributed by atoms with Crippen molar-refractivity contribution in [2.75, 3.05) is 13.2 Å². The van der Waals surface area contributed by atoms with E-state index in [4.69, 9.17) is 5.11 Å². The Kier molecular flexibility index (Phi) is 3.51. The van der Waals surface area contributed by atoms with Crippen molar-refractivity contribution in [2.24, 2.45) is 0 Å². The number of carbonyl (C=O) groups is 1. The zero-order valence-corrected chi connectivity index (χ0v) is 9.22. The van der Waals surface area contributed by atoms with Crippen molar-refractivity contribution in [2.45, 2.75) is 25.8 Å². The first-order valence-corrected chi connectivity index (χ1v) is 5.62. The molecule has 0 aliphatic carbocycles. The Morgan fingerprint density at radius 3 is 3.25 bits per heavy atom. The summed E-state index contributed by atoms with van der Waals surface area (Å²) in [6, 6.07) is 3.92. The van der Waals surface area contributed by atoms with Crippen LogP contribution in [0, 0.1) is 0 Å². The summed E-state index contributed by atoms with van der Waals surface area (Å²) in [4.78, 5) is 17.9. The van der Waals surface area contributed by atoms with Gasteiger partial charge in [-0.1, -0.05) is 6.07 Å². The first kappa shape index (κ1) is 11.1. The van der Waals surface area contributed by atoms with E-state index in [1.807, 2.05) is 17.0 Å². The molecule has 1 aromatic rings. The molecule has 1 aliphatic heterocycles. The summed E-state index contributed by atoms with van der Waals surface area (Å²) in [6.45, 7) is 1.49.